The minimum absolute atomic E-state index is 0.210. The lowest BCUT2D eigenvalue weighted by Crippen LogP contribution is -2.16. The van der Waals surface area contributed by atoms with Gasteiger partial charge >= 0.3 is 0 Å². The predicted molar refractivity (Wildman–Crippen MR) is 104 cm³/mol. The minimum atomic E-state index is -0.331. The second kappa shape index (κ2) is 8.75. The predicted octanol–water partition coefficient (Wildman–Crippen LogP) is 3.91. The van der Waals surface area contributed by atoms with E-state index in [0.29, 0.717) is 32.6 Å². The lowest BCUT2D eigenvalue weighted by atomic mass is 10.2. The molecule has 0 fully saturated rings. The van der Waals surface area contributed by atoms with Crippen molar-refractivity contribution in [3.8, 4) is 5.75 Å². The highest BCUT2D eigenvalue weighted by Gasteiger charge is 2.18. The molecule has 0 amide bonds. The number of hydrogen-bond acceptors (Lipinski definition) is 5. The summed E-state index contributed by atoms with van der Waals surface area (Å²) in [4.78, 5) is 10.5. The molecule has 7 heteroatoms. The Balaban J connectivity index is 2.29. The van der Waals surface area contributed by atoms with E-state index in [4.69, 9.17) is 4.74 Å². The quantitative estimate of drug-likeness (QED) is 0.492. The largest absolute Gasteiger partial charge is 0.492 e. The number of nitrogens with one attached hydrogen (secondary N) is 1. The first-order valence-corrected chi connectivity index (χ1v) is 9.18. The van der Waals surface area contributed by atoms with Crippen LogP contribution in [0.2, 0.25) is 0 Å². The van der Waals surface area contributed by atoms with Gasteiger partial charge in [0.05, 0.1) is 21.1 Å². The van der Waals surface area contributed by atoms with Gasteiger partial charge in [0, 0.05) is 18.7 Å². The van der Waals surface area contributed by atoms with E-state index in [1.165, 1.54) is 6.33 Å². The van der Waals surface area contributed by atoms with Crippen LogP contribution in [-0.2, 0) is 0 Å². The maximum absolute atomic E-state index is 14.9. The Bertz CT molecular complexity index is 696. The summed E-state index contributed by atoms with van der Waals surface area (Å²) in [6.45, 7) is 5.58. The number of fused-ring (bicyclic) bond motifs is 1. The van der Waals surface area contributed by atoms with E-state index < -0.39 is 0 Å². The van der Waals surface area contributed by atoms with Gasteiger partial charge in [-0.25, -0.2) is 14.4 Å². The van der Waals surface area contributed by atoms with Crippen molar-refractivity contribution in [2.24, 2.45) is 0 Å². The van der Waals surface area contributed by atoms with Gasteiger partial charge in [0.15, 0.2) is 5.82 Å². The Morgan fingerprint density at radius 3 is 2.79 bits per heavy atom. The van der Waals surface area contributed by atoms with Crippen LogP contribution in [0.15, 0.2) is 12.4 Å². The fraction of sp³-hybridized carbons (Fsp3) is 0.529. The van der Waals surface area contributed by atoms with Gasteiger partial charge < -0.3 is 15.0 Å². The van der Waals surface area contributed by atoms with Gasteiger partial charge in [0.2, 0.25) is 0 Å². The van der Waals surface area contributed by atoms with Gasteiger partial charge in [0.25, 0.3) is 0 Å². The Morgan fingerprint density at radius 2 is 2.12 bits per heavy atom. The van der Waals surface area contributed by atoms with Crippen LogP contribution in [-0.4, -0.2) is 48.2 Å². The number of benzene rings is 1. The molecule has 0 aliphatic heterocycles. The summed E-state index contributed by atoms with van der Waals surface area (Å²) in [5.41, 5.74) is 0.552. The van der Waals surface area contributed by atoms with Gasteiger partial charge in [-0.05, 0) is 56.5 Å². The van der Waals surface area contributed by atoms with Gasteiger partial charge in [0.1, 0.15) is 17.9 Å². The molecule has 1 aromatic heterocycles. The maximum Gasteiger partial charge on any atom is 0.153 e. The zero-order valence-corrected chi connectivity index (χ0v) is 16.7. The monoisotopic (exact) mass is 446 g/mol. The number of hydrogen-bond donors (Lipinski definition) is 1. The molecule has 0 spiro atoms. The second-order valence-corrected chi connectivity index (χ2v) is 7.16. The summed E-state index contributed by atoms with van der Waals surface area (Å²) in [7, 11) is 4.03. The zero-order chi connectivity index (χ0) is 17.7. The highest BCUT2D eigenvalue weighted by molar-refractivity contribution is 14.1. The van der Waals surface area contributed by atoms with Crippen molar-refractivity contribution in [2.75, 3.05) is 32.6 Å². The van der Waals surface area contributed by atoms with E-state index in [1.807, 2.05) is 43.6 Å². The Kier molecular flexibility index (Phi) is 6.97. The van der Waals surface area contributed by atoms with E-state index in [9.17, 15) is 4.39 Å². The number of aromatic nitrogens is 2. The molecular weight excluding hydrogens is 422 g/mol. The standard InChI is InChI=1S/C17H24FIN4O/c1-5-11(2)22-17-14-12(20-10-21-17)9-13(16(19)15(14)18)24-8-6-7-23(3)4/h9-11H,5-8H2,1-4H3,(H,20,21,22). The third kappa shape index (κ3) is 4.66. The topological polar surface area (TPSA) is 50.3 Å². The first-order valence-electron chi connectivity index (χ1n) is 8.10. The summed E-state index contributed by atoms with van der Waals surface area (Å²) in [5, 5.41) is 3.67. The second-order valence-electron chi connectivity index (χ2n) is 6.08. The molecule has 0 radical (unpaired) electrons. The number of rotatable bonds is 8. The SMILES string of the molecule is CCC(C)Nc1ncnc2cc(OCCCN(C)C)c(I)c(F)c12. The van der Waals surface area contributed by atoms with E-state index in [2.05, 4.69) is 27.1 Å². The minimum Gasteiger partial charge on any atom is -0.492 e. The molecule has 2 aromatic rings. The van der Waals surface area contributed by atoms with Crippen LogP contribution >= 0.6 is 22.6 Å². The molecule has 1 heterocycles. The summed E-state index contributed by atoms with van der Waals surface area (Å²) in [6, 6.07) is 2.00. The molecule has 0 aliphatic carbocycles. The third-order valence-corrected chi connectivity index (χ3v) is 4.78. The Labute approximate surface area is 156 Å². The summed E-state index contributed by atoms with van der Waals surface area (Å²) in [5.74, 6) is 0.735. The van der Waals surface area contributed by atoms with Crippen LogP contribution < -0.4 is 10.1 Å². The van der Waals surface area contributed by atoms with Crippen LogP contribution in [0.25, 0.3) is 10.9 Å². The van der Waals surface area contributed by atoms with Crippen molar-refractivity contribution in [2.45, 2.75) is 32.7 Å². The Morgan fingerprint density at radius 1 is 1.38 bits per heavy atom. The highest BCUT2D eigenvalue weighted by atomic mass is 127. The summed E-state index contributed by atoms with van der Waals surface area (Å²) < 4.78 is 21.1. The van der Waals surface area contributed by atoms with Crippen molar-refractivity contribution in [3.05, 3.63) is 21.8 Å². The van der Waals surface area contributed by atoms with Crippen LogP contribution in [0.4, 0.5) is 10.2 Å². The van der Waals surface area contributed by atoms with E-state index in [0.717, 1.165) is 19.4 Å². The van der Waals surface area contributed by atoms with Crippen molar-refractivity contribution < 1.29 is 9.13 Å². The van der Waals surface area contributed by atoms with Crippen LogP contribution in [0.3, 0.4) is 0 Å². The van der Waals surface area contributed by atoms with Crippen molar-refractivity contribution >= 4 is 39.3 Å². The van der Waals surface area contributed by atoms with Crippen molar-refractivity contribution in [1.82, 2.24) is 14.9 Å². The van der Waals surface area contributed by atoms with E-state index >= 15 is 0 Å². The normalized spacial score (nSPS) is 12.6. The average molecular weight is 446 g/mol. The fourth-order valence-corrected chi connectivity index (χ4v) is 2.82. The molecule has 5 nitrogen and oxygen atoms in total. The molecule has 1 N–H and O–H groups in total. The zero-order valence-electron chi connectivity index (χ0n) is 14.6. The summed E-state index contributed by atoms with van der Waals surface area (Å²) >= 11 is 1.98. The van der Waals surface area contributed by atoms with Gasteiger partial charge in [-0.15, -0.1) is 0 Å². The molecule has 2 rings (SSSR count). The fourth-order valence-electron chi connectivity index (χ4n) is 2.24. The lowest BCUT2D eigenvalue weighted by molar-refractivity contribution is 0.279. The number of nitrogens with zero attached hydrogens (tertiary/aromatic N) is 3. The summed E-state index contributed by atoms with van der Waals surface area (Å²) in [6.07, 6.45) is 3.26. The highest BCUT2D eigenvalue weighted by Crippen LogP contribution is 2.33. The smallest absolute Gasteiger partial charge is 0.153 e. The molecule has 1 unspecified atom stereocenters. The van der Waals surface area contributed by atoms with Crippen molar-refractivity contribution in [1.29, 1.82) is 0 Å². The first kappa shape index (κ1) is 19.1. The number of anilines is 1. The van der Waals surface area contributed by atoms with E-state index in [1.54, 1.807) is 6.07 Å². The molecule has 0 saturated carbocycles. The third-order valence-electron chi connectivity index (χ3n) is 3.78. The number of ether oxygens (including phenoxy) is 1. The average Bonchev–Trinajstić information content (AvgIpc) is 2.55. The van der Waals surface area contributed by atoms with Crippen LogP contribution in [0, 0.1) is 9.39 Å². The molecule has 0 saturated heterocycles. The van der Waals surface area contributed by atoms with Gasteiger partial charge in [-0.1, -0.05) is 6.92 Å². The molecular formula is C17H24FIN4O. The van der Waals surface area contributed by atoms with Crippen molar-refractivity contribution in [3.63, 3.8) is 0 Å². The maximum atomic E-state index is 14.9. The molecule has 132 valence electrons. The molecule has 1 aromatic carbocycles. The van der Waals surface area contributed by atoms with Crippen LogP contribution in [0.5, 0.6) is 5.75 Å². The molecule has 24 heavy (non-hydrogen) atoms. The Hall–Kier alpha value is -1.22. The van der Waals surface area contributed by atoms with Gasteiger partial charge in [-0.3, -0.25) is 0 Å². The molecule has 0 bridgehead atoms. The number of halogens is 2. The lowest BCUT2D eigenvalue weighted by Gasteiger charge is -2.16. The molecule has 0 aliphatic rings. The van der Waals surface area contributed by atoms with Gasteiger partial charge in [-0.2, -0.15) is 0 Å². The van der Waals surface area contributed by atoms with E-state index in [-0.39, 0.29) is 11.9 Å². The first-order chi connectivity index (χ1) is 11.4. The molecule has 1 atom stereocenters. The van der Waals surface area contributed by atoms with Crippen LogP contribution in [0.1, 0.15) is 26.7 Å².